The molecule has 0 saturated carbocycles. The average molecular weight is 268 g/mol. The third-order valence-electron chi connectivity index (χ3n) is 3.17. The van der Waals surface area contributed by atoms with E-state index >= 15 is 0 Å². The van der Waals surface area contributed by atoms with E-state index < -0.39 is 55.2 Å². The summed E-state index contributed by atoms with van der Waals surface area (Å²) in [5.74, 6) is -5.14. The average Bonchev–Trinajstić information content (AvgIpc) is 2.31. The fourth-order valence-corrected chi connectivity index (χ4v) is 1.90. The van der Waals surface area contributed by atoms with Crippen molar-refractivity contribution >= 4 is 5.97 Å². The van der Waals surface area contributed by atoms with Crippen molar-refractivity contribution in [1.82, 2.24) is 0 Å². The molecule has 0 aromatic rings. The lowest BCUT2D eigenvalue weighted by atomic mass is 9.85. The molecule has 0 amide bonds. The highest BCUT2D eigenvalue weighted by molar-refractivity contribution is 5.75. The van der Waals surface area contributed by atoms with Gasteiger partial charge in [-0.3, -0.25) is 0 Å². The van der Waals surface area contributed by atoms with Crippen LogP contribution in [-0.4, -0.2) is 68.4 Å². The highest BCUT2D eigenvalue weighted by Gasteiger charge is 2.52. The van der Waals surface area contributed by atoms with Gasteiger partial charge < -0.3 is 30.3 Å². The summed E-state index contributed by atoms with van der Waals surface area (Å²) in [6, 6.07) is 0. The minimum Gasteiger partial charge on any atom is -0.477 e. The summed E-state index contributed by atoms with van der Waals surface area (Å²) >= 11 is 0. The van der Waals surface area contributed by atoms with Crippen molar-refractivity contribution in [3.8, 4) is 0 Å². The van der Waals surface area contributed by atoms with Crippen LogP contribution in [-0.2, 0) is 9.53 Å². The van der Waals surface area contributed by atoms with E-state index in [2.05, 4.69) is 0 Å². The first-order valence-electron chi connectivity index (χ1n) is 5.46. The largest absolute Gasteiger partial charge is 0.477 e. The second-order valence-electron chi connectivity index (χ2n) is 4.51. The first kappa shape index (κ1) is 15.3. The molecule has 0 aromatic heterocycles. The molecular formula is C10H17FO7. The zero-order valence-corrected chi connectivity index (χ0v) is 9.73. The highest BCUT2D eigenvalue weighted by Crippen LogP contribution is 2.33. The Morgan fingerprint density at radius 2 is 2.11 bits per heavy atom. The van der Waals surface area contributed by atoms with Crippen LogP contribution >= 0.6 is 0 Å². The van der Waals surface area contributed by atoms with Crippen LogP contribution in [0, 0.1) is 5.92 Å². The van der Waals surface area contributed by atoms with E-state index in [1.165, 1.54) is 6.92 Å². The van der Waals surface area contributed by atoms with E-state index in [1.54, 1.807) is 0 Å². The molecule has 0 bridgehead atoms. The molecule has 1 rings (SSSR count). The Kier molecular flexibility index (Phi) is 4.62. The highest BCUT2D eigenvalue weighted by atomic mass is 19.1. The van der Waals surface area contributed by atoms with Gasteiger partial charge in [0.05, 0.1) is 12.2 Å². The van der Waals surface area contributed by atoms with Crippen LogP contribution < -0.4 is 0 Å². The van der Waals surface area contributed by atoms with Crippen LogP contribution in [0.3, 0.4) is 0 Å². The number of ether oxygens (including phenoxy) is 1. The number of alkyl halides is 1. The number of hydrogen-bond donors (Lipinski definition) is 5. The molecule has 1 fully saturated rings. The Balaban J connectivity index is 2.92. The molecule has 18 heavy (non-hydrogen) atoms. The van der Waals surface area contributed by atoms with Gasteiger partial charge in [0.25, 0.3) is 5.79 Å². The normalized spacial score (nSPS) is 40.2. The molecule has 5 N–H and O–H groups in total. The standard InChI is InChI=1S/C10H17FO7/c1-4-5(12)2-10(17,9(15)16)18-8(4)7(14)6(13)3-11/h4-8,12-14,17H,2-3H2,1H3,(H,15,16)/t4-,5-,6-,7-,8?,10+/m1/s1. The Hall–Kier alpha value is -0.800. The summed E-state index contributed by atoms with van der Waals surface area (Å²) in [7, 11) is 0. The molecule has 106 valence electrons. The number of rotatable bonds is 4. The number of carboxylic acid groups (broad SMARTS) is 1. The Bertz CT molecular complexity index is 313. The number of aliphatic hydroxyl groups is 4. The second-order valence-corrected chi connectivity index (χ2v) is 4.51. The molecule has 1 unspecified atom stereocenters. The van der Waals surface area contributed by atoms with E-state index in [0.29, 0.717) is 0 Å². The number of carboxylic acids is 1. The summed E-state index contributed by atoms with van der Waals surface area (Å²) < 4.78 is 17.1. The van der Waals surface area contributed by atoms with Crippen LogP contribution in [0.2, 0.25) is 0 Å². The molecule has 0 aromatic carbocycles. The molecule has 0 spiro atoms. The first-order valence-corrected chi connectivity index (χ1v) is 5.46. The topological polar surface area (TPSA) is 127 Å². The van der Waals surface area contributed by atoms with Crippen LogP contribution in [0.1, 0.15) is 13.3 Å². The Labute approximate surface area is 102 Å². The van der Waals surface area contributed by atoms with E-state index in [4.69, 9.17) is 9.84 Å². The number of aliphatic hydroxyl groups excluding tert-OH is 3. The van der Waals surface area contributed by atoms with Gasteiger partial charge in [0.15, 0.2) is 0 Å². The number of aliphatic carboxylic acids is 1. The third-order valence-corrected chi connectivity index (χ3v) is 3.17. The monoisotopic (exact) mass is 268 g/mol. The SMILES string of the molecule is C[C@H]1C([C@H](O)[C@H](O)CF)O[C@](O)(C(=O)O)C[C@H]1O. The predicted octanol–water partition coefficient (Wildman–Crippen LogP) is -1.76. The van der Waals surface area contributed by atoms with Crippen molar-refractivity contribution in [2.75, 3.05) is 6.67 Å². The molecule has 8 heteroatoms. The minimum atomic E-state index is -2.66. The molecule has 7 nitrogen and oxygen atoms in total. The fraction of sp³-hybridized carbons (Fsp3) is 0.900. The molecule has 0 radical (unpaired) electrons. The number of halogens is 1. The lowest BCUT2D eigenvalue weighted by Gasteiger charge is -2.43. The first-order chi connectivity index (χ1) is 8.23. The lowest BCUT2D eigenvalue weighted by Crippen LogP contribution is -2.60. The van der Waals surface area contributed by atoms with Crippen LogP contribution in [0.5, 0.6) is 0 Å². The van der Waals surface area contributed by atoms with Gasteiger partial charge in [0, 0.05) is 12.3 Å². The second kappa shape index (κ2) is 5.45. The lowest BCUT2D eigenvalue weighted by molar-refractivity contribution is -0.301. The molecule has 1 aliphatic heterocycles. The van der Waals surface area contributed by atoms with E-state index in [0.717, 1.165) is 0 Å². The summed E-state index contributed by atoms with van der Waals surface area (Å²) in [6.07, 6.45) is -6.74. The molecule has 0 aliphatic carbocycles. The molecular weight excluding hydrogens is 251 g/mol. The van der Waals surface area contributed by atoms with Gasteiger partial charge >= 0.3 is 5.97 Å². The van der Waals surface area contributed by atoms with Crippen molar-refractivity contribution in [2.45, 2.75) is 43.5 Å². The van der Waals surface area contributed by atoms with Gasteiger partial charge in [-0.1, -0.05) is 6.92 Å². The van der Waals surface area contributed by atoms with Gasteiger partial charge in [0.1, 0.15) is 18.9 Å². The Morgan fingerprint density at radius 1 is 1.56 bits per heavy atom. The van der Waals surface area contributed by atoms with Gasteiger partial charge in [-0.25, -0.2) is 9.18 Å². The third kappa shape index (κ3) is 2.78. The maximum Gasteiger partial charge on any atom is 0.364 e. The van der Waals surface area contributed by atoms with Gasteiger partial charge in [-0.05, 0) is 0 Å². The summed E-state index contributed by atoms with van der Waals surface area (Å²) in [4.78, 5) is 10.8. The molecule has 1 aliphatic rings. The number of carbonyl (C=O) groups is 1. The molecule has 1 heterocycles. The minimum absolute atomic E-state index is 0.571. The quantitative estimate of drug-likeness (QED) is 0.408. The maximum atomic E-state index is 12.3. The van der Waals surface area contributed by atoms with Crippen LogP contribution in [0.4, 0.5) is 4.39 Å². The van der Waals surface area contributed by atoms with Gasteiger partial charge in [0.2, 0.25) is 0 Å². The fourth-order valence-electron chi connectivity index (χ4n) is 1.90. The zero-order chi connectivity index (χ0) is 14.1. The summed E-state index contributed by atoms with van der Waals surface area (Å²) in [6.45, 7) is 0.181. The molecule has 1 saturated heterocycles. The zero-order valence-electron chi connectivity index (χ0n) is 9.73. The number of hydrogen-bond acceptors (Lipinski definition) is 6. The van der Waals surface area contributed by atoms with Crippen molar-refractivity contribution < 1.29 is 39.5 Å². The van der Waals surface area contributed by atoms with E-state index in [9.17, 15) is 29.6 Å². The van der Waals surface area contributed by atoms with E-state index in [-0.39, 0.29) is 0 Å². The van der Waals surface area contributed by atoms with Crippen LogP contribution in [0.25, 0.3) is 0 Å². The predicted molar refractivity (Wildman–Crippen MR) is 55.2 cm³/mol. The summed E-state index contributed by atoms with van der Waals surface area (Å²) in [5.41, 5.74) is 0. The maximum absolute atomic E-state index is 12.3. The Morgan fingerprint density at radius 3 is 2.56 bits per heavy atom. The van der Waals surface area contributed by atoms with E-state index in [1.807, 2.05) is 0 Å². The van der Waals surface area contributed by atoms with Crippen molar-refractivity contribution in [3.05, 3.63) is 0 Å². The van der Waals surface area contributed by atoms with Gasteiger partial charge in [-0.2, -0.15) is 0 Å². The smallest absolute Gasteiger partial charge is 0.364 e. The summed E-state index contributed by atoms with van der Waals surface area (Å²) in [5, 5.41) is 46.9. The van der Waals surface area contributed by atoms with Crippen LogP contribution in [0.15, 0.2) is 0 Å². The van der Waals surface area contributed by atoms with Crippen molar-refractivity contribution in [3.63, 3.8) is 0 Å². The molecule has 6 atom stereocenters. The van der Waals surface area contributed by atoms with Crippen molar-refractivity contribution in [2.24, 2.45) is 5.92 Å². The van der Waals surface area contributed by atoms with Gasteiger partial charge in [-0.15, -0.1) is 0 Å². The van der Waals surface area contributed by atoms with Crippen molar-refractivity contribution in [1.29, 1.82) is 0 Å².